The van der Waals surface area contributed by atoms with E-state index in [4.69, 9.17) is 8.83 Å². The van der Waals surface area contributed by atoms with Crippen LogP contribution in [0.4, 0.5) is 0 Å². The summed E-state index contributed by atoms with van der Waals surface area (Å²) < 4.78 is 11.8. The van der Waals surface area contributed by atoms with Gasteiger partial charge in [0, 0.05) is 41.0 Å². The van der Waals surface area contributed by atoms with Gasteiger partial charge in [-0.3, -0.25) is 0 Å². The van der Waals surface area contributed by atoms with E-state index >= 15 is 0 Å². The van der Waals surface area contributed by atoms with E-state index in [1.165, 1.54) is 0 Å². The van der Waals surface area contributed by atoms with Gasteiger partial charge in [0.05, 0.1) is 11.1 Å². The third-order valence-electron chi connectivity index (χ3n) is 8.83. The van der Waals surface area contributed by atoms with Crippen LogP contribution < -0.4 is 0 Å². The molecule has 0 amide bonds. The minimum Gasteiger partial charge on any atom is -0.506 e. The van der Waals surface area contributed by atoms with Gasteiger partial charge in [-0.15, -0.1) is 0 Å². The first-order chi connectivity index (χ1) is 23.6. The Kier molecular flexibility index (Phi) is 7.55. The molecule has 0 fully saturated rings. The van der Waals surface area contributed by atoms with Crippen molar-refractivity contribution in [3.05, 3.63) is 146 Å². The van der Waals surface area contributed by atoms with Crippen molar-refractivity contribution in [3.63, 3.8) is 0 Å². The number of phenols is 2. The zero-order valence-corrected chi connectivity index (χ0v) is 29.1. The van der Waals surface area contributed by atoms with Gasteiger partial charge in [-0.25, -0.2) is 9.97 Å². The standard InChI is InChI=1S/2C21H13NO2.Zn/c2*23-20-16-8-4-2-6-14(16)9-11-17(20)21-22-19-15-7-3-1-5-13(15)10-12-18(19)24-21;/h2*1-12,23H;. The number of aromatic nitrogens is 2. The largest absolute Gasteiger partial charge is 0.506 e. The van der Waals surface area contributed by atoms with E-state index in [1.807, 2.05) is 133 Å². The van der Waals surface area contributed by atoms with Crippen molar-refractivity contribution in [2.45, 2.75) is 0 Å². The molecule has 10 rings (SSSR count). The SMILES string of the molecule is Oc1c(-c2nc3c(ccc4ccccc43)o2)ccc2ccccc12.Oc1c(-c2nc3c(ccc4ccccc43)o2)ccc2ccccc12.[Zn]. The van der Waals surface area contributed by atoms with Gasteiger partial charge in [0.1, 0.15) is 22.5 Å². The van der Waals surface area contributed by atoms with Crippen LogP contribution in [0.3, 0.4) is 0 Å². The Hall–Kier alpha value is -6.04. The molecular weight excluding hydrogens is 662 g/mol. The van der Waals surface area contributed by atoms with Crippen molar-refractivity contribution in [3.8, 4) is 34.4 Å². The topological polar surface area (TPSA) is 92.5 Å². The summed E-state index contributed by atoms with van der Waals surface area (Å²) in [6.45, 7) is 0. The van der Waals surface area contributed by atoms with E-state index in [0.29, 0.717) is 22.9 Å². The Labute approximate surface area is 292 Å². The summed E-state index contributed by atoms with van der Waals surface area (Å²) in [7, 11) is 0. The summed E-state index contributed by atoms with van der Waals surface area (Å²) in [5.74, 6) is 1.27. The van der Waals surface area contributed by atoms with Crippen LogP contribution in [0.25, 0.3) is 88.2 Å². The molecule has 0 unspecified atom stereocenters. The number of nitrogens with zero attached hydrogens (tertiary/aromatic N) is 2. The second kappa shape index (κ2) is 12.2. The third kappa shape index (κ3) is 5.16. The first-order valence-corrected chi connectivity index (χ1v) is 15.6. The van der Waals surface area contributed by atoms with Gasteiger partial charge in [-0.2, -0.15) is 0 Å². The molecule has 0 aliphatic heterocycles. The quantitative estimate of drug-likeness (QED) is 0.176. The molecule has 6 nitrogen and oxygen atoms in total. The number of fused-ring (bicyclic) bond motifs is 8. The third-order valence-corrected chi connectivity index (χ3v) is 8.83. The smallest absolute Gasteiger partial charge is 0.231 e. The van der Waals surface area contributed by atoms with Crippen molar-refractivity contribution < 1.29 is 38.5 Å². The van der Waals surface area contributed by atoms with Crippen molar-refractivity contribution in [2.24, 2.45) is 0 Å². The summed E-state index contributed by atoms with van der Waals surface area (Å²) in [6.07, 6.45) is 0. The molecule has 0 radical (unpaired) electrons. The Bertz CT molecular complexity index is 2640. The second-order valence-electron chi connectivity index (χ2n) is 11.7. The van der Waals surface area contributed by atoms with Crippen LogP contribution in [0.15, 0.2) is 154 Å². The van der Waals surface area contributed by atoms with Gasteiger partial charge in [0.25, 0.3) is 0 Å². The summed E-state index contributed by atoms with van der Waals surface area (Å²) in [4.78, 5) is 9.30. The van der Waals surface area contributed by atoms with E-state index < -0.39 is 0 Å². The molecule has 10 aromatic rings. The maximum Gasteiger partial charge on any atom is 0.231 e. The Morgan fingerprint density at radius 3 is 1.10 bits per heavy atom. The average Bonchev–Trinajstić information content (AvgIpc) is 3.78. The fourth-order valence-corrected chi connectivity index (χ4v) is 6.41. The molecule has 7 heteroatoms. The van der Waals surface area contributed by atoms with E-state index in [1.54, 1.807) is 0 Å². The van der Waals surface area contributed by atoms with Gasteiger partial charge >= 0.3 is 0 Å². The molecule has 0 bridgehead atoms. The molecule has 2 aromatic heterocycles. The first kappa shape index (κ1) is 30.3. The Balaban J connectivity index is 0.000000139. The Morgan fingerprint density at radius 2 is 0.694 bits per heavy atom. The van der Waals surface area contributed by atoms with Crippen LogP contribution >= 0.6 is 0 Å². The molecule has 2 heterocycles. The Morgan fingerprint density at radius 1 is 0.367 bits per heavy atom. The van der Waals surface area contributed by atoms with Crippen molar-refractivity contribution in [1.29, 1.82) is 0 Å². The molecule has 0 atom stereocenters. The second-order valence-corrected chi connectivity index (χ2v) is 11.7. The zero-order valence-electron chi connectivity index (χ0n) is 26.2. The molecule has 230 valence electrons. The fraction of sp³-hybridized carbons (Fsp3) is 0. The van der Waals surface area contributed by atoms with Crippen molar-refractivity contribution >= 4 is 65.3 Å². The van der Waals surface area contributed by atoms with Crippen LogP contribution in [0.1, 0.15) is 0 Å². The number of benzene rings is 8. The van der Waals surface area contributed by atoms with Crippen LogP contribution in [0.2, 0.25) is 0 Å². The van der Waals surface area contributed by atoms with E-state index in [2.05, 4.69) is 22.1 Å². The average molecular weight is 688 g/mol. The maximum atomic E-state index is 10.6. The summed E-state index contributed by atoms with van der Waals surface area (Å²) >= 11 is 0. The predicted molar refractivity (Wildman–Crippen MR) is 192 cm³/mol. The number of oxazole rings is 2. The summed E-state index contributed by atoms with van der Waals surface area (Å²) in [5, 5.41) is 29.2. The van der Waals surface area contributed by atoms with Gasteiger partial charge in [0.15, 0.2) is 11.2 Å². The van der Waals surface area contributed by atoms with Crippen LogP contribution in [-0.2, 0) is 19.5 Å². The predicted octanol–water partition coefficient (Wildman–Crippen LogP) is 11.0. The monoisotopic (exact) mass is 686 g/mol. The van der Waals surface area contributed by atoms with Gasteiger partial charge in [0.2, 0.25) is 11.8 Å². The fourth-order valence-electron chi connectivity index (χ4n) is 6.41. The van der Waals surface area contributed by atoms with E-state index in [9.17, 15) is 10.2 Å². The van der Waals surface area contributed by atoms with Crippen molar-refractivity contribution in [1.82, 2.24) is 9.97 Å². The van der Waals surface area contributed by atoms with Crippen molar-refractivity contribution in [2.75, 3.05) is 0 Å². The molecule has 8 aromatic carbocycles. The minimum absolute atomic E-state index is 0. The molecule has 0 saturated heterocycles. The van der Waals surface area contributed by atoms with E-state index in [-0.39, 0.29) is 31.0 Å². The van der Waals surface area contributed by atoms with Gasteiger partial charge < -0.3 is 19.0 Å². The normalized spacial score (nSPS) is 11.3. The molecule has 0 aliphatic carbocycles. The molecular formula is C42H26N2O4Zn. The summed E-state index contributed by atoms with van der Waals surface area (Å²) in [6, 6.07) is 47.1. The van der Waals surface area contributed by atoms with Crippen LogP contribution in [0, 0.1) is 0 Å². The van der Waals surface area contributed by atoms with Crippen LogP contribution in [0.5, 0.6) is 11.5 Å². The van der Waals surface area contributed by atoms with Gasteiger partial charge in [-0.05, 0) is 45.8 Å². The zero-order chi connectivity index (χ0) is 32.2. The van der Waals surface area contributed by atoms with Crippen LogP contribution in [-0.4, -0.2) is 20.2 Å². The van der Waals surface area contributed by atoms with E-state index in [0.717, 1.165) is 65.3 Å². The summed E-state index contributed by atoms with van der Waals surface area (Å²) in [5.41, 5.74) is 4.28. The molecule has 49 heavy (non-hydrogen) atoms. The number of hydrogen-bond donors (Lipinski definition) is 2. The molecule has 0 aliphatic rings. The number of aromatic hydroxyl groups is 2. The molecule has 0 saturated carbocycles. The number of phenolic OH excluding ortho intramolecular Hbond substituents is 2. The molecule has 0 spiro atoms. The number of rotatable bonds is 2. The number of hydrogen-bond acceptors (Lipinski definition) is 6. The minimum atomic E-state index is 0. The van der Waals surface area contributed by atoms with Gasteiger partial charge in [-0.1, -0.05) is 121 Å². The first-order valence-electron chi connectivity index (χ1n) is 15.6. The maximum absolute atomic E-state index is 10.6. The molecule has 2 N–H and O–H groups in total.